The van der Waals surface area contributed by atoms with Crippen molar-refractivity contribution in [2.45, 2.75) is 26.7 Å². The molecular formula is C20H24NaO6. The molecule has 0 bridgehead atoms. The third-order valence-electron chi connectivity index (χ3n) is 3.08. The van der Waals surface area contributed by atoms with E-state index in [1.165, 1.54) is 48.5 Å². The van der Waals surface area contributed by atoms with Crippen molar-refractivity contribution in [1.29, 1.82) is 0 Å². The second-order valence-electron chi connectivity index (χ2n) is 5.37. The zero-order valence-electron chi connectivity index (χ0n) is 16.0. The molecule has 0 aromatic heterocycles. The molecule has 0 aliphatic carbocycles. The fourth-order valence-corrected chi connectivity index (χ4v) is 1.75. The number of phenolic OH excluding ortho intramolecular Hbond substituents is 2. The molecular weight excluding hydrogens is 359 g/mol. The summed E-state index contributed by atoms with van der Waals surface area (Å²) < 4.78 is 9.79. The molecule has 141 valence electrons. The maximum Gasteiger partial charge on any atom is 0.338 e. The molecule has 0 amide bonds. The number of ether oxygens (including phenoxy) is 2. The van der Waals surface area contributed by atoms with Gasteiger partial charge in [0.05, 0.1) is 24.3 Å². The SMILES string of the molecule is CCCOC(=O)c1ccc(O)cc1.CCCOC(=O)c1ccc(O)cc1.[Na]. The first-order valence-electron chi connectivity index (χ1n) is 8.40. The molecule has 1 radical (unpaired) electrons. The Bertz CT molecular complexity index is 621. The van der Waals surface area contributed by atoms with Crippen molar-refractivity contribution in [1.82, 2.24) is 0 Å². The van der Waals surface area contributed by atoms with E-state index in [2.05, 4.69) is 0 Å². The third-order valence-corrected chi connectivity index (χ3v) is 3.08. The van der Waals surface area contributed by atoms with Crippen LogP contribution in [0, 0.1) is 0 Å². The van der Waals surface area contributed by atoms with Crippen molar-refractivity contribution in [3.05, 3.63) is 59.7 Å². The van der Waals surface area contributed by atoms with Crippen molar-refractivity contribution >= 4 is 41.5 Å². The third kappa shape index (κ3) is 10.0. The molecule has 0 unspecified atom stereocenters. The van der Waals surface area contributed by atoms with E-state index in [0.717, 1.165) is 12.8 Å². The summed E-state index contributed by atoms with van der Waals surface area (Å²) in [6.45, 7) is 4.73. The van der Waals surface area contributed by atoms with Crippen LogP contribution in [-0.2, 0) is 9.47 Å². The molecule has 0 saturated carbocycles. The maximum absolute atomic E-state index is 11.2. The minimum Gasteiger partial charge on any atom is -0.508 e. The summed E-state index contributed by atoms with van der Waals surface area (Å²) in [6, 6.07) is 12.0. The van der Waals surface area contributed by atoms with Crippen LogP contribution >= 0.6 is 0 Å². The number of hydrogen-bond donors (Lipinski definition) is 2. The van der Waals surface area contributed by atoms with E-state index in [1.807, 2.05) is 13.8 Å². The average Bonchev–Trinajstić information content (AvgIpc) is 2.66. The predicted molar refractivity (Wildman–Crippen MR) is 103 cm³/mol. The van der Waals surface area contributed by atoms with Gasteiger partial charge in [0.2, 0.25) is 0 Å². The Labute approximate surface area is 181 Å². The molecule has 7 heteroatoms. The number of rotatable bonds is 6. The zero-order chi connectivity index (χ0) is 19.4. The van der Waals surface area contributed by atoms with Gasteiger partial charge < -0.3 is 19.7 Å². The fraction of sp³-hybridized carbons (Fsp3) is 0.300. The number of phenols is 2. The number of aromatic hydroxyl groups is 2. The Morgan fingerprint density at radius 3 is 1.26 bits per heavy atom. The number of esters is 2. The molecule has 0 heterocycles. The molecule has 2 aromatic carbocycles. The number of hydrogen-bond acceptors (Lipinski definition) is 6. The normalized spacial score (nSPS) is 9.26. The fourth-order valence-electron chi connectivity index (χ4n) is 1.75. The van der Waals surface area contributed by atoms with Crippen LogP contribution in [0.5, 0.6) is 11.5 Å². The van der Waals surface area contributed by atoms with Crippen LogP contribution in [-0.4, -0.2) is 64.9 Å². The van der Waals surface area contributed by atoms with Crippen LogP contribution in [0.15, 0.2) is 48.5 Å². The van der Waals surface area contributed by atoms with Crippen LogP contribution in [0.25, 0.3) is 0 Å². The summed E-state index contributed by atoms with van der Waals surface area (Å²) in [6.07, 6.45) is 1.62. The standard InChI is InChI=1S/2C10H12O3.Na/c2*1-2-7-13-10(12)8-3-5-9(11)6-4-8;/h2*3-6,11H,2,7H2,1H3;. The van der Waals surface area contributed by atoms with Crippen molar-refractivity contribution in [3.63, 3.8) is 0 Å². The van der Waals surface area contributed by atoms with E-state index in [4.69, 9.17) is 19.7 Å². The van der Waals surface area contributed by atoms with Gasteiger partial charge in [0.15, 0.2) is 0 Å². The molecule has 0 aliphatic rings. The summed E-state index contributed by atoms with van der Waals surface area (Å²) in [7, 11) is 0. The van der Waals surface area contributed by atoms with Crippen molar-refractivity contribution in [2.24, 2.45) is 0 Å². The molecule has 0 aliphatic heterocycles. The second kappa shape index (κ2) is 14.1. The van der Waals surface area contributed by atoms with E-state index in [-0.39, 0.29) is 53.0 Å². The van der Waals surface area contributed by atoms with Crippen LogP contribution in [0.3, 0.4) is 0 Å². The molecule has 0 atom stereocenters. The molecule has 27 heavy (non-hydrogen) atoms. The molecule has 2 rings (SSSR count). The Balaban J connectivity index is 0.000000483. The maximum atomic E-state index is 11.2. The van der Waals surface area contributed by atoms with Crippen molar-refractivity contribution < 1.29 is 29.3 Å². The summed E-state index contributed by atoms with van der Waals surface area (Å²) in [4.78, 5) is 22.4. The number of benzene rings is 2. The van der Waals surface area contributed by atoms with E-state index >= 15 is 0 Å². The largest absolute Gasteiger partial charge is 0.508 e. The molecule has 0 spiro atoms. The van der Waals surface area contributed by atoms with E-state index in [1.54, 1.807) is 0 Å². The van der Waals surface area contributed by atoms with Gasteiger partial charge in [0.25, 0.3) is 0 Å². The quantitative estimate of drug-likeness (QED) is 0.585. The molecule has 0 saturated heterocycles. The van der Waals surface area contributed by atoms with Gasteiger partial charge in [-0.2, -0.15) is 0 Å². The summed E-state index contributed by atoms with van der Waals surface area (Å²) in [5.74, 6) is -0.400. The smallest absolute Gasteiger partial charge is 0.338 e. The first-order chi connectivity index (χ1) is 12.5. The summed E-state index contributed by atoms with van der Waals surface area (Å²) in [5.41, 5.74) is 0.928. The Morgan fingerprint density at radius 2 is 1.00 bits per heavy atom. The van der Waals surface area contributed by atoms with Crippen molar-refractivity contribution in [3.8, 4) is 11.5 Å². The Kier molecular flexibility index (Phi) is 13.0. The molecule has 2 aromatic rings. The van der Waals surface area contributed by atoms with Gasteiger partial charge in [-0.15, -0.1) is 0 Å². The summed E-state index contributed by atoms with van der Waals surface area (Å²) in [5, 5.41) is 17.9. The van der Waals surface area contributed by atoms with Gasteiger partial charge in [0, 0.05) is 29.6 Å². The van der Waals surface area contributed by atoms with Crippen LogP contribution in [0.1, 0.15) is 47.4 Å². The van der Waals surface area contributed by atoms with Gasteiger partial charge in [-0.05, 0) is 61.4 Å². The first-order valence-corrected chi connectivity index (χ1v) is 8.40. The minimum atomic E-state index is -0.346. The van der Waals surface area contributed by atoms with Gasteiger partial charge in [-0.1, -0.05) is 13.8 Å². The topological polar surface area (TPSA) is 93.1 Å². The van der Waals surface area contributed by atoms with Crippen LogP contribution in [0.2, 0.25) is 0 Å². The Morgan fingerprint density at radius 1 is 0.704 bits per heavy atom. The average molecular weight is 383 g/mol. The zero-order valence-corrected chi connectivity index (χ0v) is 18.0. The minimum absolute atomic E-state index is 0. The monoisotopic (exact) mass is 383 g/mol. The van der Waals surface area contributed by atoms with E-state index < -0.39 is 0 Å². The van der Waals surface area contributed by atoms with Gasteiger partial charge in [-0.25, -0.2) is 9.59 Å². The number of carbonyl (C=O) groups excluding carboxylic acids is 2. The second-order valence-corrected chi connectivity index (χ2v) is 5.37. The van der Waals surface area contributed by atoms with Crippen molar-refractivity contribution in [2.75, 3.05) is 13.2 Å². The van der Waals surface area contributed by atoms with Crippen LogP contribution in [0.4, 0.5) is 0 Å². The molecule has 0 fully saturated rings. The van der Waals surface area contributed by atoms with E-state index in [0.29, 0.717) is 24.3 Å². The summed E-state index contributed by atoms with van der Waals surface area (Å²) >= 11 is 0. The molecule has 6 nitrogen and oxygen atoms in total. The van der Waals surface area contributed by atoms with Crippen LogP contribution < -0.4 is 0 Å². The van der Waals surface area contributed by atoms with Gasteiger partial charge in [-0.3, -0.25) is 0 Å². The Hall–Kier alpha value is -2.02. The molecule has 2 N–H and O–H groups in total. The first kappa shape index (κ1) is 25.0. The van der Waals surface area contributed by atoms with Gasteiger partial charge in [0.1, 0.15) is 11.5 Å². The van der Waals surface area contributed by atoms with E-state index in [9.17, 15) is 9.59 Å². The van der Waals surface area contributed by atoms with Gasteiger partial charge >= 0.3 is 11.9 Å². The predicted octanol–water partition coefficient (Wildman–Crippen LogP) is 3.54. The number of carbonyl (C=O) groups is 2.